The third kappa shape index (κ3) is 4.94. The van der Waals surface area contributed by atoms with E-state index in [1.165, 1.54) is 0 Å². The van der Waals surface area contributed by atoms with Crippen molar-refractivity contribution in [3.05, 3.63) is 65.7 Å². The van der Waals surface area contributed by atoms with Gasteiger partial charge in [0.05, 0.1) is 19.3 Å². The van der Waals surface area contributed by atoms with Gasteiger partial charge in [0.15, 0.2) is 17.7 Å². The predicted molar refractivity (Wildman–Crippen MR) is 125 cm³/mol. The van der Waals surface area contributed by atoms with E-state index in [4.69, 9.17) is 33.2 Å². The molecule has 0 amide bonds. The normalized spacial score (nSPS) is 32.5. The Labute approximate surface area is 205 Å². The predicted octanol–water partition coefficient (Wildman–Crippen LogP) is 3.86. The van der Waals surface area contributed by atoms with Crippen molar-refractivity contribution in [2.45, 2.75) is 82.5 Å². The molecule has 2 aromatic carbocycles. The van der Waals surface area contributed by atoms with Gasteiger partial charge in [-0.15, -0.1) is 0 Å². The van der Waals surface area contributed by atoms with Crippen LogP contribution in [0.3, 0.4) is 0 Å². The number of hydrogen-bond acceptors (Lipinski definition) is 8. The maximum Gasteiger partial charge on any atom is 0.338 e. The average Bonchev–Trinajstić information content (AvgIpc) is 3.33. The Morgan fingerprint density at radius 3 is 1.80 bits per heavy atom. The Balaban J connectivity index is 1.42. The highest BCUT2D eigenvalue weighted by Gasteiger charge is 2.65. The lowest BCUT2D eigenvalue weighted by molar-refractivity contribution is -0.190. The summed E-state index contributed by atoms with van der Waals surface area (Å²) < 4.78 is 42.8. The first-order valence-corrected chi connectivity index (χ1v) is 11.9. The number of methoxy groups -OCH3 is 1. The van der Waals surface area contributed by atoms with Crippen molar-refractivity contribution in [3.8, 4) is 5.75 Å². The van der Waals surface area contributed by atoms with Crippen LogP contribution in [0.1, 0.15) is 43.6 Å². The number of esters is 1. The molecule has 0 bridgehead atoms. The Kier molecular flexibility index (Phi) is 6.35. The maximum absolute atomic E-state index is 13.0. The average molecular weight is 485 g/mol. The summed E-state index contributed by atoms with van der Waals surface area (Å²) in [5.41, 5.74) is 1.43. The smallest absolute Gasteiger partial charge is 0.338 e. The second-order valence-electron chi connectivity index (χ2n) is 9.99. The van der Waals surface area contributed by atoms with Crippen LogP contribution in [0.4, 0.5) is 0 Å². The van der Waals surface area contributed by atoms with Gasteiger partial charge >= 0.3 is 5.97 Å². The minimum atomic E-state index is -0.886. The molecule has 188 valence electrons. The van der Waals surface area contributed by atoms with Crippen LogP contribution in [0.25, 0.3) is 0 Å². The minimum Gasteiger partial charge on any atom is -0.497 e. The molecule has 8 nitrogen and oxygen atoms in total. The molecule has 0 spiro atoms. The van der Waals surface area contributed by atoms with Gasteiger partial charge in [-0.05, 0) is 57.5 Å². The topological polar surface area (TPSA) is 81.7 Å². The molecule has 2 unspecified atom stereocenters. The number of ether oxygens (including phenoxy) is 7. The zero-order chi connectivity index (χ0) is 24.8. The molecule has 3 aliphatic rings. The molecule has 2 aromatic rings. The van der Waals surface area contributed by atoms with Crippen molar-refractivity contribution in [2.75, 3.05) is 7.11 Å². The fourth-order valence-corrected chi connectivity index (χ4v) is 5.03. The van der Waals surface area contributed by atoms with Crippen LogP contribution in [0.5, 0.6) is 5.75 Å². The van der Waals surface area contributed by atoms with Crippen molar-refractivity contribution >= 4 is 5.97 Å². The fraction of sp³-hybridized carbons (Fsp3) is 0.519. The summed E-state index contributed by atoms with van der Waals surface area (Å²) in [5, 5.41) is 0. The van der Waals surface area contributed by atoms with E-state index in [0.29, 0.717) is 12.2 Å². The Hall–Kier alpha value is -2.49. The van der Waals surface area contributed by atoms with Crippen LogP contribution in [0, 0.1) is 0 Å². The summed E-state index contributed by atoms with van der Waals surface area (Å²) in [4.78, 5) is 13.0. The monoisotopic (exact) mass is 484 g/mol. The number of carbonyl (C=O) groups is 1. The lowest BCUT2D eigenvalue weighted by atomic mass is 9.84. The molecule has 1 aliphatic carbocycles. The van der Waals surface area contributed by atoms with E-state index in [0.717, 1.165) is 11.3 Å². The number of rotatable bonds is 6. The minimum absolute atomic E-state index is 0.336. The van der Waals surface area contributed by atoms with E-state index < -0.39 is 54.2 Å². The highest BCUT2D eigenvalue weighted by Crippen LogP contribution is 2.46. The van der Waals surface area contributed by atoms with Crippen LogP contribution >= 0.6 is 0 Å². The molecule has 6 atom stereocenters. The van der Waals surface area contributed by atoms with Gasteiger partial charge in [-0.2, -0.15) is 0 Å². The third-order valence-electron chi connectivity index (χ3n) is 6.48. The molecule has 3 fully saturated rings. The highest BCUT2D eigenvalue weighted by molar-refractivity contribution is 5.89. The summed E-state index contributed by atoms with van der Waals surface area (Å²) in [7, 11) is 1.63. The van der Waals surface area contributed by atoms with Gasteiger partial charge in [0.1, 0.15) is 36.3 Å². The van der Waals surface area contributed by atoms with Crippen LogP contribution < -0.4 is 4.74 Å². The van der Waals surface area contributed by atoms with Crippen molar-refractivity contribution in [2.24, 2.45) is 0 Å². The molecular weight excluding hydrogens is 452 g/mol. The number of hydrogen-bond donors (Lipinski definition) is 0. The van der Waals surface area contributed by atoms with Gasteiger partial charge in [-0.1, -0.05) is 30.3 Å². The molecule has 0 radical (unpaired) electrons. The maximum atomic E-state index is 13.0. The fourth-order valence-electron chi connectivity index (χ4n) is 5.03. The number of benzene rings is 2. The molecule has 8 heteroatoms. The molecule has 2 heterocycles. The summed E-state index contributed by atoms with van der Waals surface area (Å²) in [6, 6.07) is 16.5. The van der Waals surface area contributed by atoms with Gasteiger partial charge in [0.2, 0.25) is 0 Å². The number of fused-ring (bicyclic) bond motifs is 2. The van der Waals surface area contributed by atoms with Gasteiger partial charge in [0.25, 0.3) is 0 Å². The van der Waals surface area contributed by atoms with E-state index in [1.807, 2.05) is 58.0 Å². The molecule has 0 N–H and O–H groups in total. The van der Waals surface area contributed by atoms with Crippen LogP contribution in [0.2, 0.25) is 0 Å². The van der Waals surface area contributed by atoms with E-state index in [9.17, 15) is 4.79 Å². The van der Waals surface area contributed by atoms with Crippen LogP contribution in [-0.2, 0) is 35.0 Å². The third-order valence-corrected chi connectivity index (χ3v) is 6.48. The molecule has 1 saturated carbocycles. The first-order chi connectivity index (χ1) is 16.7. The first kappa shape index (κ1) is 24.2. The standard InChI is InChI=1S/C27H32O8/c1-26(2)32-21-19(30-15-16-11-13-18(29-5)14-12-16)22-24(35-27(3,4)33-22)20(23(21)34-26)31-25(28)17-9-7-6-8-10-17/h6-14,19-24H,15H2,1-5H3/t19?,20?,21-,22+,23-,24+. The molecule has 2 aliphatic heterocycles. The lowest BCUT2D eigenvalue weighted by Gasteiger charge is -2.42. The van der Waals surface area contributed by atoms with E-state index >= 15 is 0 Å². The lowest BCUT2D eigenvalue weighted by Crippen LogP contribution is -2.63. The highest BCUT2D eigenvalue weighted by atomic mass is 16.8. The molecule has 2 saturated heterocycles. The van der Waals surface area contributed by atoms with E-state index in [2.05, 4.69) is 0 Å². The van der Waals surface area contributed by atoms with E-state index in [-0.39, 0.29) is 0 Å². The summed E-state index contributed by atoms with van der Waals surface area (Å²) in [6.07, 6.45) is -3.44. The van der Waals surface area contributed by atoms with Crippen molar-refractivity contribution in [3.63, 3.8) is 0 Å². The largest absolute Gasteiger partial charge is 0.497 e. The summed E-state index contributed by atoms with van der Waals surface area (Å²) in [5.74, 6) is -1.45. The Bertz CT molecular complexity index is 1000. The van der Waals surface area contributed by atoms with Crippen molar-refractivity contribution in [1.82, 2.24) is 0 Å². The number of carbonyl (C=O) groups excluding carboxylic acids is 1. The zero-order valence-electron chi connectivity index (χ0n) is 20.6. The van der Waals surface area contributed by atoms with Crippen molar-refractivity contribution in [1.29, 1.82) is 0 Å². The quantitative estimate of drug-likeness (QED) is 0.572. The van der Waals surface area contributed by atoms with E-state index in [1.54, 1.807) is 31.4 Å². The zero-order valence-corrected chi connectivity index (χ0v) is 20.6. The molecule has 5 rings (SSSR count). The van der Waals surface area contributed by atoms with Gasteiger partial charge in [0, 0.05) is 0 Å². The second kappa shape index (κ2) is 9.19. The molecular formula is C27H32O8. The first-order valence-electron chi connectivity index (χ1n) is 11.9. The summed E-state index contributed by atoms with van der Waals surface area (Å²) in [6.45, 7) is 7.68. The van der Waals surface area contributed by atoms with Crippen LogP contribution in [-0.4, -0.2) is 61.3 Å². The van der Waals surface area contributed by atoms with Gasteiger partial charge in [-0.3, -0.25) is 0 Å². The molecule has 35 heavy (non-hydrogen) atoms. The Morgan fingerprint density at radius 2 is 1.29 bits per heavy atom. The van der Waals surface area contributed by atoms with Gasteiger partial charge < -0.3 is 33.2 Å². The SMILES string of the molecule is COc1ccc(COC2[C@H]3OC(C)(C)O[C@@H]3C(OC(=O)c3ccccc3)[C@@H]3OC(C)(C)O[C@@H]23)cc1. The van der Waals surface area contributed by atoms with Crippen molar-refractivity contribution < 1.29 is 38.0 Å². The molecule has 0 aromatic heterocycles. The second-order valence-corrected chi connectivity index (χ2v) is 9.99. The summed E-state index contributed by atoms with van der Waals surface area (Å²) >= 11 is 0. The van der Waals surface area contributed by atoms with Crippen LogP contribution in [0.15, 0.2) is 54.6 Å². The Morgan fingerprint density at radius 1 is 0.771 bits per heavy atom. The van der Waals surface area contributed by atoms with Gasteiger partial charge in [-0.25, -0.2) is 4.79 Å².